The second-order valence-corrected chi connectivity index (χ2v) is 2.91. The number of alkyl halides is 3. The lowest BCUT2D eigenvalue weighted by molar-refractivity contribution is -0.139. The summed E-state index contributed by atoms with van der Waals surface area (Å²) in [4.78, 5) is 0. The molecule has 1 aromatic rings. The van der Waals surface area contributed by atoms with Crippen LogP contribution >= 0.6 is 0 Å². The molecule has 1 nitrogen and oxygen atoms in total. The van der Waals surface area contributed by atoms with E-state index < -0.39 is 23.7 Å². The fourth-order valence-electron chi connectivity index (χ4n) is 1.14. The Hall–Kier alpha value is -1.10. The van der Waals surface area contributed by atoms with E-state index >= 15 is 0 Å². The van der Waals surface area contributed by atoms with Gasteiger partial charge in [-0.1, -0.05) is 6.07 Å². The molecule has 0 saturated carbocycles. The van der Waals surface area contributed by atoms with E-state index in [-0.39, 0.29) is 5.56 Å². The van der Waals surface area contributed by atoms with E-state index in [1.165, 1.54) is 6.92 Å². The summed E-state index contributed by atoms with van der Waals surface area (Å²) in [5, 5.41) is 9.04. The van der Waals surface area contributed by atoms with Gasteiger partial charge in [0, 0.05) is 0 Å². The fraction of sp³-hybridized carbons (Fsp3) is 0.333. The summed E-state index contributed by atoms with van der Waals surface area (Å²) in [6, 6.07) is 2.20. The molecular weight excluding hydrogens is 200 g/mol. The minimum Gasteiger partial charge on any atom is -0.389 e. The van der Waals surface area contributed by atoms with E-state index in [1.807, 2.05) is 0 Å². The minimum atomic E-state index is -4.64. The number of hydrogen-bond donors (Lipinski definition) is 1. The van der Waals surface area contributed by atoms with Crippen LogP contribution in [0.25, 0.3) is 0 Å². The van der Waals surface area contributed by atoms with Gasteiger partial charge >= 0.3 is 6.18 Å². The van der Waals surface area contributed by atoms with Crippen molar-refractivity contribution in [2.45, 2.75) is 19.2 Å². The maximum absolute atomic E-state index is 12.6. The Labute approximate surface area is 78.0 Å². The monoisotopic (exact) mass is 208 g/mol. The standard InChI is InChI=1S/C9H8F4O/c1-5(14)7-3-2-6(10)4-8(7)9(11,12)13/h2-5,14H,1H3. The molecule has 5 heteroatoms. The van der Waals surface area contributed by atoms with Crippen LogP contribution in [-0.2, 0) is 6.18 Å². The Morgan fingerprint density at radius 2 is 1.86 bits per heavy atom. The highest BCUT2D eigenvalue weighted by Crippen LogP contribution is 2.34. The van der Waals surface area contributed by atoms with Gasteiger partial charge in [0.15, 0.2) is 0 Å². The van der Waals surface area contributed by atoms with Crippen LogP contribution in [0.5, 0.6) is 0 Å². The Kier molecular flexibility index (Phi) is 2.80. The molecule has 1 rings (SSSR count). The molecule has 0 aromatic heterocycles. The minimum absolute atomic E-state index is 0.320. The predicted molar refractivity (Wildman–Crippen MR) is 42.0 cm³/mol. The summed E-state index contributed by atoms with van der Waals surface area (Å²) in [5.74, 6) is -0.971. The van der Waals surface area contributed by atoms with E-state index in [9.17, 15) is 17.6 Å². The lowest BCUT2D eigenvalue weighted by atomic mass is 10.0. The van der Waals surface area contributed by atoms with Crippen LogP contribution in [0.3, 0.4) is 0 Å². The molecule has 0 spiro atoms. The first-order chi connectivity index (χ1) is 6.32. The summed E-state index contributed by atoms with van der Waals surface area (Å²) in [7, 11) is 0. The van der Waals surface area contributed by atoms with Crippen molar-refractivity contribution in [2.24, 2.45) is 0 Å². The molecule has 1 N–H and O–H groups in total. The van der Waals surface area contributed by atoms with Crippen molar-refractivity contribution in [2.75, 3.05) is 0 Å². The molecule has 14 heavy (non-hydrogen) atoms. The van der Waals surface area contributed by atoms with Crippen LogP contribution in [-0.4, -0.2) is 5.11 Å². The summed E-state index contributed by atoms with van der Waals surface area (Å²) >= 11 is 0. The second-order valence-electron chi connectivity index (χ2n) is 2.91. The SMILES string of the molecule is CC(O)c1ccc(F)cc1C(F)(F)F. The first-order valence-electron chi connectivity index (χ1n) is 3.87. The molecule has 78 valence electrons. The second kappa shape index (κ2) is 3.57. The summed E-state index contributed by atoms with van der Waals surface area (Å²) in [6.45, 7) is 1.20. The molecule has 0 amide bonds. The van der Waals surface area contributed by atoms with Crippen LogP contribution < -0.4 is 0 Å². The van der Waals surface area contributed by atoms with Gasteiger partial charge in [-0.15, -0.1) is 0 Å². The summed E-state index contributed by atoms with van der Waals surface area (Å²) in [6.07, 6.45) is -5.92. The number of aliphatic hydroxyl groups excluding tert-OH is 1. The molecule has 0 aliphatic heterocycles. The first-order valence-corrected chi connectivity index (χ1v) is 3.87. The highest BCUT2D eigenvalue weighted by molar-refractivity contribution is 5.31. The van der Waals surface area contributed by atoms with E-state index in [2.05, 4.69) is 0 Å². The van der Waals surface area contributed by atoms with Gasteiger partial charge in [0.05, 0.1) is 11.7 Å². The Morgan fingerprint density at radius 3 is 2.29 bits per heavy atom. The average molecular weight is 208 g/mol. The van der Waals surface area contributed by atoms with Crippen LogP contribution in [0.2, 0.25) is 0 Å². The van der Waals surface area contributed by atoms with Crippen LogP contribution in [0.1, 0.15) is 24.2 Å². The van der Waals surface area contributed by atoms with Crippen molar-refractivity contribution in [3.63, 3.8) is 0 Å². The average Bonchev–Trinajstić information content (AvgIpc) is 2.01. The fourth-order valence-corrected chi connectivity index (χ4v) is 1.14. The van der Waals surface area contributed by atoms with E-state index in [0.717, 1.165) is 12.1 Å². The number of halogens is 4. The normalized spacial score (nSPS) is 14.1. The number of benzene rings is 1. The zero-order valence-corrected chi connectivity index (χ0v) is 7.27. The van der Waals surface area contributed by atoms with E-state index in [4.69, 9.17) is 5.11 Å². The molecule has 0 radical (unpaired) electrons. The largest absolute Gasteiger partial charge is 0.416 e. The molecule has 1 unspecified atom stereocenters. The first kappa shape index (κ1) is 11.0. The lowest BCUT2D eigenvalue weighted by Crippen LogP contribution is -2.11. The van der Waals surface area contributed by atoms with Crippen molar-refractivity contribution in [3.8, 4) is 0 Å². The molecule has 0 fully saturated rings. The molecule has 0 aliphatic carbocycles. The van der Waals surface area contributed by atoms with Gasteiger partial charge in [-0.3, -0.25) is 0 Å². The van der Waals surface area contributed by atoms with Gasteiger partial charge in [-0.05, 0) is 24.6 Å². The van der Waals surface area contributed by atoms with Gasteiger partial charge in [0.2, 0.25) is 0 Å². The predicted octanol–water partition coefficient (Wildman–Crippen LogP) is 2.90. The quantitative estimate of drug-likeness (QED) is 0.703. The number of rotatable bonds is 1. The van der Waals surface area contributed by atoms with Crippen LogP contribution in [0, 0.1) is 5.82 Å². The van der Waals surface area contributed by atoms with Gasteiger partial charge in [0.1, 0.15) is 5.82 Å². The highest BCUT2D eigenvalue weighted by atomic mass is 19.4. The molecule has 1 aromatic carbocycles. The number of hydrogen-bond acceptors (Lipinski definition) is 1. The molecular formula is C9H8F4O. The van der Waals surface area contributed by atoms with Crippen molar-refractivity contribution in [1.82, 2.24) is 0 Å². The van der Waals surface area contributed by atoms with Gasteiger partial charge in [-0.2, -0.15) is 13.2 Å². The molecule has 0 bridgehead atoms. The lowest BCUT2D eigenvalue weighted by Gasteiger charge is -2.14. The van der Waals surface area contributed by atoms with Crippen LogP contribution in [0.15, 0.2) is 18.2 Å². The number of aliphatic hydroxyl groups is 1. The van der Waals surface area contributed by atoms with Crippen molar-refractivity contribution in [1.29, 1.82) is 0 Å². The Balaban J connectivity index is 3.30. The third kappa shape index (κ3) is 2.23. The Morgan fingerprint density at radius 1 is 1.29 bits per heavy atom. The third-order valence-electron chi connectivity index (χ3n) is 1.77. The zero-order chi connectivity index (χ0) is 10.9. The smallest absolute Gasteiger partial charge is 0.389 e. The molecule has 0 saturated heterocycles. The summed E-state index contributed by atoms with van der Waals surface area (Å²) < 4.78 is 49.5. The van der Waals surface area contributed by atoms with Gasteiger partial charge in [0.25, 0.3) is 0 Å². The maximum Gasteiger partial charge on any atom is 0.416 e. The van der Waals surface area contributed by atoms with Crippen molar-refractivity contribution >= 4 is 0 Å². The molecule has 0 heterocycles. The molecule has 0 aliphatic rings. The van der Waals surface area contributed by atoms with Gasteiger partial charge in [-0.25, -0.2) is 4.39 Å². The zero-order valence-electron chi connectivity index (χ0n) is 7.27. The van der Waals surface area contributed by atoms with Crippen LogP contribution in [0.4, 0.5) is 17.6 Å². The Bertz CT molecular complexity index is 330. The summed E-state index contributed by atoms with van der Waals surface area (Å²) in [5.41, 5.74) is -1.45. The maximum atomic E-state index is 12.6. The van der Waals surface area contributed by atoms with E-state index in [1.54, 1.807) is 0 Å². The topological polar surface area (TPSA) is 20.2 Å². The van der Waals surface area contributed by atoms with Crippen molar-refractivity contribution < 1.29 is 22.7 Å². The van der Waals surface area contributed by atoms with Crippen molar-refractivity contribution in [3.05, 3.63) is 35.1 Å². The van der Waals surface area contributed by atoms with E-state index in [0.29, 0.717) is 6.07 Å². The van der Waals surface area contributed by atoms with Gasteiger partial charge < -0.3 is 5.11 Å². The highest BCUT2D eigenvalue weighted by Gasteiger charge is 2.34. The third-order valence-corrected chi connectivity index (χ3v) is 1.77. The molecule has 1 atom stereocenters.